The molecule has 3 heteroatoms. The molecule has 2 atom stereocenters. The summed E-state index contributed by atoms with van der Waals surface area (Å²) in [4.78, 5) is 0. The highest BCUT2D eigenvalue weighted by Gasteiger charge is 2.25. The van der Waals surface area contributed by atoms with Gasteiger partial charge in [-0.15, -0.1) is 0 Å². The second-order valence-corrected chi connectivity index (χ2v) is 5.35. The van der Waals surface area contributed by atoms with Crippen molar-refractivity contribution in [2.45, 2.75) is 25.9 Å². The molecule has 0 saturated carbocycles. The first kappa shape index (κ1) is 13.0. The van der Waals surface area contributed by atoms with Gasteiger partial charge in [0.25, 0.3) is 0 Å². The van der Waals surface area contributed by atoms with Gasteiger partial charge < -0.3 is 15.2 Å². The summed E-state index contributed by atoms with van der Waals surface area (Å²) in [5, 5.41) is 13.5. The number of rotatable bonds is 3. The van der Waals surface area contributed by atoms with Crippen LogP contribution >= 0.6 is 0 Å². The summed E-state index contributed by atoms with van der Waals surface area (Å²) in [5.74, 6) is 1.29. The summed E-state index contributed by atoms with van der Waals surface area (Å²) in [6.45, 7) is 4.73. The van der Waals surface area contributed by atoms with Crippen LogP contribution in [0.1, 0.15) is 35.7 Å². The number of hydrogen-bond donors (Lipinski definition) is 2. The Morgan fingerprint density at radius 2 is 2.05 bits per heavy atom. The van der Waals surface area contributed by atoms with Gasteiger partial charge in [-0.2, -0.15) is 0 Å². The third-order valence-electron chi connectivity index (χ3n) is 3.80. The molecule has 1 heterocycles. The van der Waals surface area contributed by atoms with Gasteiger partial charge >= 0.3 is 0 Å². The Bertz CT molecular complexity index is 624. The van der Waals surface area contributed by atoms with Crippen LogP contribution in [-0.2, 0) is 0 Å². The van der Waals surface area contributed by atoms with Gasteiger partial charge in [-0.1, -0.05) is 35.9 Å². The summed E-state index contributed by atoms with van der Waals surface area (Å²) < 4.78 is 5.68. The number of benzene rings is 2. The number of aryl methyl sites for hydroxylation is 1. The molecule has 1 aliphatic rings. The number of phenolic OH excluding ortho intramolecular Hbond substituents is 1. The van der Waals surface area contributed by atoms with Gasteiger partial charge in [0.15, 0.2) is 0 Å². The highest BCUT2D eigenvalue weighted by molar-refractivity contribution is 5.41. The van der Waals surface area contributed by atoms with Gasteiger partial charge in [0.05, 0.1) is 6.04 Å². The van der Waals surface area contributed by atoms with Crippen LogP contribution in [0, 0.1) is 6.92 Å². The number of hydrogen-bond acceptors (Lipinski definition) is 3. The fraction of sp³-hybridized carbons (Fsp3) is 0.294. The van der Waals surface area contributed by atoms with E-state index in [2.05, 4.69) is 18.3 Å². The molecular weight excluding hydrogens is 250 g/mol. The summed E-state index contributed by atoms with van der Waals surface area (Å²) in [5.41, 5.74) is 3.26. The van der Waals surface area contributed by atoms with Gasteiger partial charge in [0.2, 0.25) is 0 Å². The molecule has 0 spiro atoms. The lowest BCUT2D eigenvalue weighted by Crippen LogP contribution is -2.25. The fourth-order valence-electron chi connectivity index (χ4n) is 2.71. The average molecular weight is 269 g/mol. The second kappa shape index (κ2) is 5.17. The lowest BCUT2D eigenvalue weighted by atomic mass is 10.0. The lowest BCUT2D eigenvalue weighted by molar-refractivity contribution is 0.299. The molecule has 2 aromatic carbocycles. The standard InChI is InChI=1S/C17H19NO2/c1-11-7-8-16(19)14(9-11)12(2)18-15-10-20-17-6-4-3-5-13(15)17/h3-9,12,15,18-19H,10H2,1-2H3. The minimum Gasteiger partial charge on any atom is -0.508 e. The summed E-state index contributed by atoms with van der Waals surface area (Å²) in [7, 11) is 0. The van der Waals surface area contributed by atoms with Gasteiger partial charge in [-0.25, -0.2) is 0 Å². The van der Waals surface area contributed by atoms with Crippen LogP contribution in [0.2, 0.25) is 0 Å². The molecule has 0 saturated heterocycles. The van der Waals surface area contributed by atoms with Crippen LogP contribution in [0.3, 0.4) is 0 Å². The Labute approximate surface area is 119 Å². The van der Waals surface area contributed by atoms with E-state index in [0.29, 0.717) is 12.4 Å². The summed E-state index contributed by atoms with van der Waals surface area (Å²) >= 11 is 0. The Kier molecular flexibility index (Phi) is 3.36. The van der Waals surface area contributed by atoms with Crippen LogP contribution in [0.5, 0.6) is 11.5 Å². The number of aromatic hydroxyl groups is 1. The maximum atomic E-state index is 10.0. The molecule has 2 unspecified atom stereocenters. The molecular formula is C17H19NO2. The predicted molar refractivity (Wildman–Crippen MR) is 79.1 cm³/mol. The van der Waals surface area contributed by atoms with E-state index in [9.17, 15) is 5.11 Å². The van der Waals surface area contributed by atoms with E-state index in [-0.39, 0.29) is 12.1 Å². The first-order chi connectivity index (χ1) is 9.65. The van der Waals surface area contributed by atoms with E-state index >= 15 is 0 Å². The lowest BCUT2D eigenvalue weighted by Gasteiger charge is -2.20. The van der Waals surface area contributed by atoms with Crippen molar-refractivity contribution in [3.05, 3.63) is 59.2 Å². The molecule has 104 valence electrons. The monoisotopic (exact) mass is 269 g/mol. The van der Waals surface area contributed by atoms with E-state index in [4.69, 9.17) is 4.74 Å². The number of fused-ring (bicyclic) bond motifs is 1. The number of nitrogens with one attached hydrogen (secondary N) is 1. The third-order valence-corrected chi connectivity index (χ3v) is 3.80. The van der Waals surface area contributed by atoms with Crippen molar-refractivity contribution >= 4 is 0 Å². The van der Waals surface area contributed by atoms with E-state index in [0.717, 1.165) is 16.9 Å². The number of phenols is 1. The third kappa shape index (κ3) is 2.37. The van der Waals surface area contributed by atoms with Gasteiger partial charge in [0.1, 0.15) is 18.1 Å². The highest BCUT2D eigenvalue weighted by Crippen LogP contribution is 2.34. The highest BCUT2D eigenvalue weighted by atomic mass is 16.5. The first-order valence-electron chi connectivity index (χ1n) is 6.92. The van der Waals surface area contributed by atoms with Crippen LogP contribution in [0.4, 0.5) is 0 Å². The predicted octanol–water partition coefficient (Wildman–Crippen LogP) is 3.48. The molecule has 2 aromatic rings. The molecule has 0 bridgehead atoms. The molecule has 1 aliphatic heterocycles. The quantitative estimate of drug-likeness (QED) is 0.896. The Hall–Kier alpha value is -2.00. The van der Waals surface area contributed by atoms with Crippen LogP contribution in [-0.4, -0.2) is 11.7 Å². The van der Waals surface area contributed by atoms with Crippen molar-refractivity contribution in [2.75, 3.05) is 6.61 Å². The fourth-order valence-corrected chi connectivity index (χ4v) is 2.71. The van der Waals surface area contributed by atoms with Crippen LogP contribution < -0.4 is 10.1 Å². The Morgan fingerprint density at radius 1 is 1.25 bits per heavy atom. The van der Waals surface area contributed by atoms with Crippen molar-refractivity contribution in [3.63, 3.8) is 0 Å². The van der Waals surface area contributed by atoms with Gasteiger partial charge in [-0.05, 0) is 26.0 Å². The number of para-hydroxylation sites is 1. The molecule has 20 heavy (non-hydrogen) atoms. The minimum atomic E-state index is 0.0645. The van der Waals surface area contributed by atoms with Crippen molar-refractivity contribution < 1.29 is 9.84 Å². The zero-order valence-corrected chi connectivity index (χ0v) is 11.8. The Morgan fingerprint density at radius 3 is 2.90 bits per heavy atom. The molecule has 3 rings (SSSR count). The smallest absolute Gasteiger partial charge is 0.124 e. The molecule has 0 amide bonds. The largest absolute Gasteiger partial charge is 0.508 e. The molecule has 3 nitrogen and oxygen atoms in total. The molecule has 0 fully saturated rings. The normalized spacial score (nSPS) is 18.4. The maximum Gasteiger partial charge on any atom is 0.124 e. The van der Waals surface area contributed by atoms with Crippen molar-refractivity contribution in [3.8, 4) is 11.5 Å². The van der Waals surface area contributed by atoms with E-state index in [1.165, 1.54) is 5.56 Å². The van der Waals surface area contributed by atoms with E-state index in [1.807, 2.05) is 37.3 Å². The molecule has 0 radical (unpaired) electrons. The van der Waals surface area contributed by atoms with E-state index in [1.54, 1.807) is 6.07 Å². The zero-order chi connectivity index (χ0) is 14.1. The van der Waals surface area contributed by atoms with Crippen molar-refractivity contribution in [2.24, 2.45) is 0 Å². The minimum absolute atomic E-state index is 0.0645. The van der Waals surface area contributed by atoms with Crippen LogP contribution in [0.25, 0.3) is 0 Å². The van der Waals surface area contributed by atoms with Crippen LogP contribution in [0.15, 0.2) is 42.5 Å². The average Bonchev–Trinajstić information content (AvgIpc) is 2.85. The number of ether oxygens (including phenoxy) is 1. The van der Waals surface area contributed by atoms with Gasteiger partial charge in [-0.3, -0.25) is 0 Å². The molecule has 0 aromatic heterocycles. The Balaban J connectivity index is 1.80. The zero-order valence-electron chi connectivity index (χ0n) is 11.8. The van der Waals surface area contributed by atoms with Gasteiger partial charge in [0, 0.05) is 17.2 Å². The second-order valence-electron chi connectivity index (χ2n) is 5.35. The molecule has 0 aliphatic carbocycles. The topological polar surface area (TPSA) is 41.5 Å². The molecule has 2 N–H and O–H groups in total. The summed E-state index contributed by atoms with van der Waals surface area (Å²) in [6, 6.07) is 14.0. The first-order valence-corrected chi connectivity index (χ1v) is 6.92. The van der Waals surface area contributed by atoms with Crippen molar-refractivity contribution in [1.29, 1.82) is 0 Å². The van der Waals surface area contributed by atoms with Crippen molar-refractivity contribution in [1.82, 2.24) is 5.32 Å². The SMILES string of the molecule is Cc1ccc(O)c(C(C)NC2COc3ccccc32)c1. The summed E-state index contributed by atoms with van der Waals surface area (Å²) in [6.07, 6.45) is 0. The maximum absolute atomic E-state index is 10.0. The van der Waals surface area contributed by atoms with E-state index < -0.39 is 0 Å².